The second kappa shape index (κ2) is 6.49. The highest BCUT2D eigenvalue weighted by Gasteiger charge is 2.29. The van der Waals surface area contributed by atoms with Crippen molar-refractivity contribution in [3.05, 3.63) is 0 Å². The molecule has 0 saturated carbocycles. The van der Waals surface area contributed by atoms with E-state index in [-0.39, 0.29) is 17.7 Å². The zero-order valence-corrected chi connectivity index (χ0v) is 11.2. The summed E-state index contributed by atoms with van der Waals surface area (Å²) in [6.45, 7) is 6.87. The summed E-state index contributed by atoms with van der Waals surface area (Å²) in [5.41, 5.74) is 0. The first-order valence-corrected chi connectivity index (χ1v) is 6.38. The summed E-state index contributed by atoms with van der Waals surface area (Å²) in [7, 11) is 0. The molecule has 0 spiro atoms. The van der Waals surface area contributed by atoms with Crippen molar-refractivity contribution in [1.29, 1.82) is 0 Å². The lowest BCUT2D eigenvalue weighted by atomic mass is 10.0. The number of hydrogen-bond donors (Lipinski definition) is 2. The minimum absolute atomic E-state index is 0.0234. The van der Waals surface area contributed by atoms with Gasteiger partial charge in [-0.3, -0.25) is 25.0 Å². The van der Waals surface area contributed by atoms with E-state index in [2.05, 4.69) is 10.6 Å². The van der Waals surface area contributed by atoms with Crippen LogP contribution in [0.2, 0.25) is 0 Å². The molecular formula is C12H21N3O3. The lowest BCUT2D eigenvalue weighted by Crippen LogP contribution is -2.56. The Morgan fingerprint density at radius 2 is 2.06 bits per heavy atom. The number of carbonyl (C=O) groups excluding carboxylic acids is 3. The SMILES string of the molecule is CCN(CC)C(=O)C(C)NC1CCC(=O)NC1=O. The molecule has 1 aliphatic rings. The summed E-state index contributed by atoms with van der Waals surface area (Å²) in [6.07, 6.45) is 0.760. The predicted octanol–water partition coefficient (Wildman–Crippen LogP) is -0.362. The predicted molar refractivity (Wildman–Crippen MR) is 66.7 cm³/mol. The first-order chi connectivity index (χ1) is 8.49. The van der Waals surface area contributed by atoms with Gasteiger partial charge in [0.1, 0.15) is 0 Å². The number of imide groups is 1. The molecule has 0 aromatic carbocycles. The molecule has 1 fully saturated rings. The fraction of sp³-hybridized carbons (Fsp3) is 0.750. The van der Waals surface area contributed by atoms with Crippen LogP contribution < -0.4 is 10.6 Å². The van der Waals surface area contributed by atoms with Crippen molar-refractivity contribution in [3.63, 3.8) is 0 Å². The molecule has 1 saturated heterocycles. The second-order valence-corrected chi connectivity index (χ2v) is 4.40. The van der Waals surface area contributed by atoms with E-state index in [1.165, 1.54) is 0 Å². The van der Waals surface area contributed by atoms with E-state index < -0.39 is 12.1 Å². The molecule has 2 atom stereocenters. The molecule has 1 rings (SSSR count). The van der Waals surface area contributed by atoms with Gasteiger partial charge in [-0.1, -0.05) is 0 Å². The maximum absolute atomic E-state index is 12.0. The number of amides is 3. The van der Waals surface area contributed by atoms with Gasteiger partial charge in [0.05, 0.1) is 12.1 Å². The molecule has 0 bridgehead atoms. The minimum Gasteiger partial charge on any atom is -0.342 e. The van der Waals surface area contributed by atoms with Gasteiger partial charge in [0.25, 0.3) is 0 Å². The lowest BCUT2D eigenvalue weighted by molar-refractivity contribution is -0.136. The van der Waals surface area contributed by atoms with Crippen LogP contribution in [-0.4, -0.2) is 47.8 Å². The van der Waals surface area contributed by atoms with Crippen molar-refractivity contribution in [2.75, 3.05) is 13.1 Å². The van der Waals surface area contributed by atoms with Crippen molar-refractivity contribution in [2.24, 2.45) is 0 Å². The van der Waals surface area contributed by atoms with E-state index in [1.807, 2.05) is 13.8 Å². The number of rotatable bonds is 5. The summed E-state index contributed by atoms with van der Waals surface area (Å²) in [5.74, 6) is -0.615. The van der Waals surface area contributed by atoms with Crippen molar-refractivity contribution in [1.82, 2.24) is 15.5 Å². The van der Waals surface area contributed by atoms with E-state index >= 15 is 0 Å². The van der Waals surface area contributed by atoms with Gasteiger partial charge in [0.15, 0.2) is 0 Å². The van der Waals surface area contributed by atoms with Gasteiger partial charge < -0.3 is 4.90 Å². The number of piperidine rings is 1. The van der Waals surface area contributed by atoms with Crippen molar-refractivity contribution >= 4 is 17.7 Å². The summed E-state index contributed by atoms with van der Waals surface area (Å²) >= 11 is 0. The maximum atomic E-state index is 12.0. The van der Waals surface area contributed by atoms with Gasteiger partial charge in [0.2, 0.25) is 17.7 Å². The third-order valence-corrected chi connectivity index (χ3v) is 3.14. The largest absolute Gasteiger partial charge is 0.342 e. The molecule has 3 amide bonds. The van der Waals surface area contributed by atoms with Crippen LogP contribution in [-0.2, 0) is 14.4 Å². The molecule has 2 unspecified atom stereocenters. The maximum Gasteiger partial charge on any atom is 0.243 e. The van der Waals surface area contributed by atoms with Gasteiger partial charge in [0, 0.05) is 19.5 Å². The summed E-state index contributed by atoms with van der Waals surface area (Å²) in [5, 5.41) is 5.25. The van der Waals surface area contributed by atoms with Gasteiger partial charge in [-0.25, -0.2) is 0 Å². The number of hydrogen-bond acceptors (Lipinski definition) is 4. The number of nitrogens with one attached hydrogen (secondary N) is 2. The summed E-state index contributed by atoms with van der Waals surface area (Å²) in [6, 6.07) is -0.883. The number of likely N-dealkylation sites (N-methyl/N-ethyl adjacent to an activating group) is 1. The summed E-state index contributed by atoms with van der Waals surface area (Å²) < 4.78 is 0. The molecule has 102 valence electrons. The molecule has 6 nitrogen and oxygen atoms in total. The van der Waals surface area contributed by atoms with Crippen LogP contribution in [0.5, 0.6) is 0 Å². The van der Waals surface area contributed by atoms with Crippen molar-refractivity contribution < 1.29 is 14.4 Å². The van der Waals surface area contributed by atoms with Gasteiger partial charge in [-0.15, -0.1) is 0 Å². The standard InChI is InChI=1S/C12H21N3O3/c1-4-15(5-2)12(18)8(3)13-9-6-7-10(16)14-11(9)17/h8-9,13H,4-7H2,1-3H3,(H,14,16,17). The second-order valence-electron chi connectivity index (χ2n) is 4.40. The van der Waals surface area contributed by atoms with Gasteiger partial charge >= 0.3 is 0 Å². The van der Waals surface area contributed by atoms with E-state index in [0.29, 0.717) is 25.9 Å². The van der Waals surface area contributed by atoms with E-state index in [1.54, 1.807) is 11.8 Å². The Balaban J connectivity index is 2.53. The van der Waals surface area contributed by atoms with Crippen LogP contribution in [0.15, 0.2) is 0 Å². The fourth-order valence-electron chi connectivity index (χ4n) is 2.03. The minimum atomic E-state index is -0.461. The van der Waals surface area contributed by atoms with Crippen LogP contribution >= 0.6 is 0 Å². The highest BCUT2D eigenvalue weighted by Crippen LogP contribution is 2.06. The highest BCUT2D eigenvalue weighted by molar-refractivity contribution is 6.00. The van der Waals surface area contributed by atoms with Crippen LogP contribution in [0.1, 0.15) is 33.6 Å². The van der Waals surface area contributed by atoms with Crippen LogP contribution in [0.4, 0.5) is 0 Å². The Hall–Kier alpha value is -1.43. The summed E-state index contributed by atoms with van der Waals surface area (Å²) in [4.78, 5) is 36.3. The van der Waals surface area contributed by atoms with Crippen LogP contribution in [0, 0.1) is 0 Å². The van der Waals surface area contributed by atoms with E-state index in [0.717, 1.165) is 0 Å². The topological polar surface area (TPSA) is 78.5 Å². The first-order valence-electron chi connectivity index (χ1n) is 6.38. The van der Waals surface area contributed by atoms with Gasteiger partial charge in [-0.05, 0) is 27.2 Å². The number of nitrogens with zero attached hydrogens (tertiary/aromatic N) is 1. The average molecular weight is 255 g/mol. The van der Waals surface area contributed by atoms with E-state index in [4.69, 9.17) is 0 Å². The molecule has 0 aliphatic carbocycles. The highest BCUT2D eigenvalue weighted by atomic mass is 16.2. The van der Waals surface area contributed by atoms with Crippen molar-refractivity contribution in [2.45, 2.75) is 45.7 Å². The molecule has 0 aromatic rings. The lowest BCUT2D eigenvalue weighted by Gasteiger charge is -2.28. The molecule has 0 aromatic heterocycles. The Labute approximate surface area is 107 Å². The third-order valence-electron chi connectivity index (χ3n) is 3.14. The fourth-order valence-corrected chi connectivity index (χ4v) is 2.03. The number of carbonyl (C=O) groups is 3. The normalized spacial score (nSPS) is 21.4. The average Bonchev–Trinajstić information content (AvgIpc) is 2.34. The first kappa shape index (κ1) is 14.6. The Morgan fingerprint density at radius 3 is 2.56 bits per heavy atom. The monoisotopic (exact) mass is 255 g/mol. The van der Waals surface area contributed by atoms with E-state index in [9.17, 15) is 14.4 Å². The molecule has 0 radical (unpaired) electrons. The molecule has 1 aliphatic heterocycles. The Bertz CT molecular complexity index is 339. The van der Waals surface area contributed by atoms with Crippen LogP contribution in [0.25, 0.3) is 0 Å². The Kier molecular flexibility index (Phi) is 5.27. The smallest absolute Gasteiger partial charge is 0.243 e. The third kappa shape index (κ3) is 3.53. The zero-order valence-electron chi connectivity index (χ0n) is 11.2. The zero-order chi connectivity index (χ0) is 13.7. The Morgan fingerprint density at radius 1 is 1.44 bits per heavy atom. The molecule has 2 N–H and O–H groups in total. The molecule has 18 heavy (non-hydrogen) atoms. The van der Waals surface area contributed by atoms with Crippen LogP contribution in [0.3, 0.4) is 0 Å². The quantitative estimate of drug-likeness (QED) is 0.658. The molecule has 1 heterocycles. The van der Waals surface area contributed by atoms with Crippen molar-refractivity contribution in [3.8, 4) is 0 Å². The van der Waals surface area contributed by atoms with Gasteiger partial charge in [-0.2, -0.15) is 0 Å². The molecule has 6 heteroatoms. The molecular weight excluding hydrogens is 234 g/mol.